The molecule has 1 aromatic heterocycles. The molecule has 1 N–H and O–H groups in total. The summed E-state index contributed by atoms with van der Waals surface area (Å²) in [5, 5.41) is 13.5. The average Bonchev–Trinajstić information content (AvgIpc) is 3.45. The van der Waals surface area contributed by atoms with Crippen LogP contribution in [0.1, 0.15) is 38.9 Å². The number of carbonyl (C=O) groups is 1. The number of carbonyl (C=O) groups excluding carboxylic acids is 1. The van der Waals surface area contributed by atoms with E-state index < -0.39 is 6.04 Å². The van der Waals surface area contributed by atoms with E-state index in [1.54, 1.807) is 30.3 Å². The number of benzene rings is 4. The number of rotatable bonds is 11. The number of thioether (sulfide) groups is 1. The summed E-state index contributed by atoms with van der Waals surface area (Å²) in [6, 6.07) is 26.4. The summed E-state index contributed by atoms with van der Waals surface area (Å²) < 4.78 is 26.5. The van der Waals surface area contributed by atoms with E-state index in [4.69, 9.17) is 21.1 Å². The minimum absolute atomic E-state index is 0.279. The van der Waals surface area contributed by atoms with Crippen LogP contribution in [0.4, 0.5) is 4.39 Å². The van der Waals surface area contributed by atoms with E-state index in [0.29, 0.717) is 39.7 Å². The molecule has 4 aromatic carbocycles. The van der Waals surface area contributed by atoms with Crippen LogP contribution < -0.4 is 14.8 Å². The number of ether oxygens (including phenoxy) is 2. The molecular weight excluding hydrogens is 587 g/mol. The van der Waals surface area contributed by atoms with Crippen LogP contribution in [0.3, 0.4) is 0 Å². The van der Waals surface area contributed by atoms with Gasteiger partial charge in [0.05, 0.1) is 25.9 Å². The zero-order valence-corrected chi connectivity index (χ0v) is 25.5. The van der Waals surface area contributed by atoms with Gasteiger partial charge in [0.15, 0.2) is 11.0 Å². The lowest BCUT2D eigenvalue weighted by Gasteiger charge is -2.22. The molecule has 0 fully saturated rings. The minimum Gasteiger partial charge on any atom is -0.496 e. The molecule has 1 amide bonds. The van der Waals surface area contributed by atoms with Crippen LogP contribution >= 0.6 is 23.4 Å². The molecule has 0 aliphatic heterocycles. The van der Waals surface area contributed by atoms with Crippen molar-refractivity contribution in [3.05, 3.63) is 130 Å². The number of halogens is 2. The van der Waals surface area contributed by atoms with Gasteiger partial charge in [-0.25, -0.2) is 4.39 Å². The largest absolute Gasteiger partial charge is 0.496 e. The number of amides is 1. The summed E-state index contributed by atoms with van der Waals surface area (Å²) in [5.41, 5.74) is 3.95. The van der Waals surface area contributed by atoms with E-state index in [9.17, 15) is 9.18 Å². The van der Waals surface area contributed by atoms with Gasteiger partial charge in [0.2, 0.25) is 0 Å². The number of aromatic nitrogens is 3. The van der Waals surface area contributed by atoms with Crippen molar-refractivity contribution in [2.75, 3.05) is 14.2 Å². The van der Waals surface area contributed by atoms with E-state index in [2.05, 4.69) is 15.5 Å². The third-order valence-electron chi connectivity index (χ3n) is 6.91. The lowest BCUT2D eigenvalue weighted by molar-refractivity contribution is 0.0928. The second-order valence-electron chi connectivity index (χ2n) is 9.78. The Morgan fingerprint density at radius 2 is 1.63 bits per heavy atom. The summed E-state index contributed by atoms with van der Waals surface area (Å²) in [7, 11) is 3.02. The standard InChI is InChI=1S/C33H30ClFN4O3S/c1-21-12-15-24(34)19-27(21)39-31(37-38-33(39)43-20-23-13-16-25(35)17-14-23)26(18-22-8-5-4-6-9-22)36-32(40)30-28(41-2)10-7-11-29(30)42-3/h4-17,19,26H,18,20H2,1-3H3,(H,36,40). The fourth-order valence-corrected chi connectivity index (χ4v) is 5.81. The molecule has 0 saturated heterocycles. The second-order valence-corrected chi connectivity index (χ2v) is 11.2. The number of methoxy groups -OCH3 is 2. The van der Waals surface area contributed by atoms with Gasteiger partial charge in [-0.1, -0.05) is 78.0 Å². The Balaban J connectivity index is 1.60. The highest BCUT2D eigenvalue weighted by atomic mass is 35.5. The van der Waals surface area contributed by atoms with Crippen molar-refractivity contribution in [3.8, 4) is 17.2 Å². The second kappa shape index (κ2) is 13.8. The highest BCUT2D eigenvalue weighted by molar-refractivity contribution is 7.98. The lowest BCUT2D eigenvalue weighted by atomic mass is 10.0. The molecule has 5 aromatic rings. The smallest absolute Gasteiger partial charge is 0.259 e. The Labute approximate surface area is 259 Å². The summed E-state index contributed by atoms with van der Waals surface area (Å²) in [6.07, 6.45) is 0.435. The number of hydrogen-bond acceptors (Lipinski definition) is 6. The molecule has 0 bridgehead atoms. The quantitative estimate of drug-likeness (QED) is 0.156. The van der Waals surface area contributed by atoms with Gasteiger partial charge in [-0.3, -0.25) is 9.36 Å². The van der Waals surface area contributed by atoms with E-state index in [0.717, 1.165) is 22.4 Å². The number of nitrogens with one attached hydrogen (secondary N) is 1. The molecule has 220 valence electrons. The van der Waals surface area contributed by atoms with Gasteiger partial charge in [0, 0.05) is 10.8 Å². The highest BCUT2D eigenvalue weighted by Crippen LogP contribution is 2.33. The SMILES string of the molecule is COc1cccc(OC)c1C(=O)NC(Cc1ccccc1)c1nnc(SCc2ccc(F)cc2)n1-c1cc(Cl)ccc1C. The van der Waals surface area contributed by atoms with Crippen molar-refractivity contribution in [1.29, 1.82) is 0 Å². The monoisotopic (exact) mass is 616 g/mol. The number of aryl methyl sites for hydroxylation is 1. The van der Waals surface area contributed by atoms with Crippen molar-refractivity contribution in [2.45, 2.75) is 30.3 Å². The molecule has 0 saturated carbocycles. The first-order valence-corrected chi connectivity index (χ1v) is 14.9. The van der Waals surface area contributed by atoms with Crippen LogP contribution in [0.25, 0.3) is 5.69 Å². The predicted octanol–water partition coefficient (Wildman–Crippen LogP) is 7.39. The maximum Gasteiger partial charge on any atom is 0.259 e. The van der Waals surface area contributed by atoms with Crippen LogP contribution in [0.15, 0.2) is 96.2 Å². The van der Waals surface area contributed by atoms with Gasteiger partial charge in [0.1, 0.15) is 22.9 Å². The van der Waals surface area contributed by atoms with Crippen LogP contribution in [-0.2, 0) is 12.2 Å². The Kier molecular flexibility index (Phi) is 9.64. The van der Waals surface area contributed by atoms with Crippen LogP contribution in [0.5, 0.6) is 11.5 Å². The maximum absolute atomic E-state index is 13.9. The maximum atomic E-state index is 13.9. The van der Waals surface area contributed by atoms with Crippen LogP contribution in [-0.4, -0.2) is 34.9 Å². The lowest BCUT2D eigenvalue weighted by Crippen LogP contribution is -2.32. The normalized spacial score (nSPS) is 11.7. The molecular formula is C33H30ClFN4O3S. The third-order valence-corrected chi connectivity index (χ3v) is 8.14. The van der Waals surface area contributed by atoms with E-state index in [-0.39, 0.29) is 17.3 Å². The van der Waals surface area contributed by atoms with Gasteiger partial charge in [-0.2, -0.15) is 0 Å². The van der Waals surface area contributed by atoms with Crippen molar-refractivity contribution in [1.82, 2.24) is 20.1 Å². The number of hydrogen-bond donors (Lipinski definition) is 1. The zero-order chi connectivity index (χ0) is 30.3. The molecule has 1 heterocycles. The topological polar surface area (TPSA) is 78.3 Å². The molecule has 10 heteroatoms. The Bertz CT molecular complexity index is 1690. The first-order chi connectivity index (χ1) is 20.9. The molecule has 1 atom stereocenters. The molecule has 5 rings (SSSR count). The van der Waals surface area contributed by atoms with Crippen LogP contribution in [0.2, 0.25) is 5.02 Å². The average molecular weight is 617 g/mol. The summed E-state index contributed by atoms with van der Waals surface area (Å²) >= 11 is 7.93. The molecule has 1 unspecified atom stereocenters. The zero-order valence-electron chi connectivity index (χ0n) is 23.9. The van der Waals surface area contributed by atoms with Crippen molar-refractivity contribution in [2.24, 2.45) is 0 Å². The summed E-state index contributed by atoms with van der Waals surface area (Å²) in [5.74, 6) is 1.16. The Hall–Kier alpha value is -4.34. The Morgan fingerprint density at radius 3 is 2.30 bits per heavy atom. The van der Waals surface area contributed by atoms with Gasteiger partial charge < -0.3 is 14.8 Å². The minimum atomic E-state index is -0.601. The van der Waals surface area contributed by atoms with E-state index in [1.165, 1.54) is 38.1 Å². The first kappa shape index (κ1) is 30.1. The van der Waals surface area contributed by atoms with Gasteiger partial charge >= 0.3 is 0 Å². The summed E-state index contributed by atoms with van der Waals surface area (Å²) in [6.45, 7) is 1.98. The molecule has 0 aliphatic carbocycles. The first-order valence-electron chi connectivity index (χ1n) is 13.5. The molecule has 7 nitrogen and oxygen atoms in total. The van der Waals surface area contributed by atoms with E-state index >= 15 is 0 Å². The van der Waals surface area contributed by atoms with Crippen molar-refractivity contribution < 1.29 is 18.7 Å². The predicted molar refractivity (Wildman–Crippen MR) is 167 cm³/mol. The molecule has 0 aliphatic rings. The summed E-state index contributed by atoms with van der Waals surface area (Å²) in [4.78, 5) is 13.9. The van der Waals surface area contributed by atoms with Gasteiger partial charge in [-0.05, 0) is 66.4 Å². The fraction of sp³-hybridized carbons (Fsp3) is 0.182. The molecule has 0 radical (unpaired) electrons. The van der Waals surface area contributed by atoms with Crippen molar-refractivity contribution >= 4 is 29.3 Å². The van der Waals surface area contributed by atoms with Gasteiger partial charge in [-0.15, -0.1) is 10.2 Å². The molecule has 0 spiro atoms. The third kappa shape index (κ3) is 7.01. The fourth-order valence-electron chi connectivity index (χ4n) is 4.74. The van der Waals surface area contributed by atoms with Crippen LogP contribution in [0, 0.1) is 12.7 Å². The molecule has 43 heavy (non-hydrogen) atoms. The number of nitrogens with zero attached hydrogens (tertiary/aromatic N) is 3. The Morgan fingerprint density at radius 1 is 0.930 bits per heavy atom. The highest BCUT2D eigenvalue weighted by Gasteiger charge is 2.28. The van der Waals surface area contributed by atoms with Crippen molar-refractivity contribution in [3.63, 3.8) is 0 Å². The van der Waals surface area contributed by atoms with E-state index in [1.807, 2.05) is 60.0 Å². The van der Waals surface area contributed by atoms with Gasteiger partial charge in [0.25, 0.3) is 5.91 Å².